The van der Waals surface area contributed by atoms with Gasteiger partial charge in [0.05, 0.1) is 6.54 Å². The van der Waals surface area contributed by atoms with Crippen molar-refractivity contribution in [2.45, 2.75) is 32.4 Å². The fourth-order valence-corrected chi connectivity index (χ4v) is 1.61. The molecule has 0 aliphatic carbocycles. The molecule has 3 nitrogen and oxygen atoms in total. The molecule has 0 unspecified atom stereocenters. The minimum absolute atomic E-state index is 0.176. The van der Waals surface area contributed by atoms with Crippen LogP contribution in [0.15, 0.2) is 24.3 Å². The van der Waals surface area contributed by atoms with Gasteiger partial charge < -0.3 is 10.6 Å². The molecule has 0 aliphatic rings. The topological polar surface area (TPSA) is 41.1 Å². The summed E-state index contributed by atoms with van der Waals surface area (Å²) in [4.78, 5) is 11.2. The number of carbonyl (C=O) groups excluding carboxylic acids is 1. The monoisotopic (exact) mass is 288 g/mol. The van der Waals surface area contributed by atoms with Gasteiger partial charge in [-0.15, -0.1) is 0 Å². The molecule has 1 amide bonds. The summed E-state index contributed by atoms with van der Waals surface area (Å²) in [7, 11) is 0. The van der Waals surface area contributed by atoms with Crippen LogP contribution < -0.4 is 10.6 Å². The Bertz CT molecular complexity index is 415. The Labute approximate surface area is 116 Å². The van der Waals surface area contributed by atoms with Gasteiger partial charge in [0.25, 0.3) is 0 Å². The lowest BCUT2D eigenvalue weighted by Gasteiger charge is -2.10. The van der Waals surface area contributed by atoms with Gasteiger partial charge >= 0.3 is 6.18 Å². The van der Waals surface area contributed by atoms with E-state index >= 15 is 0 Å². The summed E-state index contributed by atoms with van der Waals surface area (Å²) in [6, 6.07) is 7.54. The van der Waals surface area contributed by atoms with Gasteiger partial charge in [-0.25, -0.2) is 0 Å². The largest absolute Gasteiger partial charge is 0.405 e. The Kier molecular flexibility index (Phi) is 6.35. The second-order valence-electron chi connectivity index (χ2n) is 4.55. The third-order valence-electron chi connectivity index (χ3n) is 2.71. The number of unbranched alkanes of at least 4 members (excludes halogenated alkanes) is 1. The highest BCUT2D eigenvalue weighted by atomic mass is 19.4. The standard InChI is InChI=1S/C14H19F3N2O/c1-2-3-4-11-5-7-12(8-6-11)18-9-13(20)19-10-14(15,16)17/h5-8,18H,2-4,9-10H2,1H3,(H,19,20). The maximum absolute atomic E-state index is 11.9. The predicted molar refractivity (Wildman–Crippen MR) is 72.6 cm³/mol. The molecule has 2 N–H and O–H groups in total. The molecule has 0 bridgehead atoms. The van der Waals surface area contributed by atoms with Crippen molar-refractivity contribution in [3.05, 3.63) is 29.8 Å². The van der Waals surface area contributed by atoms with Crippen LogP contribution >= 0.6 is 0 Å². The number of carbonyl (C=O) groups is 1. The molecule has 0 atom stereocenters. The molecule has 0 heterocycles. The molecule has 1 aromatic carbocycles. The minimum Gasteiger partial charge on any atom is -0.376 e. The molecular weight excluding hydrogens is 269 g/mol. The first-order valence-corrected chi connectivity index (χ1v) is 6.57. The van der Waals surface area contributed by atoms with Crippen molar-refractivity contribution in [1.82, 2.24) is 5.32 Å². The number of hydrogen-bond donors (Lipinski definition) is 2. The average Bonchev–Trinajstić information content (AvgIpc) is 2.41. The summed E-state index contributed by atoms with van der Waals surface area (Å²) in [5.74, 6) is -0.683. The van der Waals surface area contributed by atoms with Crippen LogP contribution in [-0.4, -0.2) is 25.2 Å². The predicted octanol–water partition coefficient (Wildman–Crippen LogP) is 3.12. The van der Waals surface area contributed by atoms with Gasteiger partial charge in [-0.1, -0.05) is 25.5 Å². The van der Waals surface area contributed by atoms with Crippen LogP contribution in [0.3, 0.4) is 0 Å². The molecule has 112 valence electrons. The van der Waals surface area contributed by atoms with E-state index in [1.54, 1.807) is 5.32 Å². The number of benzene rings is 1. The van der Waals surface area contributed by atoms with Crippen LogP contribution in [0, 0.1) is 0 Å². The number of amides is 1. The maximum Gasteiger partial charge on any atom is 0.405 e. The van der Waals surface area contributed by atoms with E-state index in [1.165, 1.54) is 5.56 Å². The first kappa shape index (κ1) is 16.3. The van der Waals surface area contributed by atoms with Crippen LogP contribution in [0.1, 0.15) is 25.3 Å². The van der Waals surface area contributed by atoms with E-state index in [0.717, 1.165) is 19.3 Å². The van der Waals surface area contributed by atoms with Gasteiger partial charge in [0, 0.05) is 5.69 Å². The summed E-state index contributed by atoms with van der Waals surface area (Å²) in [5.41, 5.74) is 1.92. The highest BCUT2D eigenvalue weighted by Crippen LogP contribution is 2.13. The maximum atomic E-state index is 11.9. The Morgan fingerprint density at radius 1 is 1.20 bits per heavy atom. The van der Waals surface area contributed by atoms with Gasteiger partial charge in [-0.2, -0.15) is 13.2 Å². The van der Waals surface area contributed by atoms with Crippen LogP contribution in [-0.2, 0) is 11.2 Å². The van der Waals surface area contributed by atoms with E-state index < -0.39 is 18.6 Å². The summed E-state index contributed by atoms with van der Waals surface area (Å²) < 4.78 is 35.7. The van der Waals surface area contributed by atoms with E-state index in [9.17, 15) is 18.0 Å². The van der Waals surface area contributed by atoms with E-state index in [-0.39, 0.29) is 6.54 Å². The molecule has 0 spiro atoms. The van der Waals surface area contributed by atoms with Crippen molar-refractivity contribution in [2.24, 2.45) is 0 Å². The van der Waals surface area contributed by atoms with Crippen LogP contribution in [0.25, 0.3) is 0 Å². The van der Waals surface area contributed by atoms with E-state index in [0.29, 0.717) is 5.69 Å². The zero-order valence-corrected chi connectivity index (χ0v) is 11.4. The molecule has 20 heavy (non-hydrogen) atoms. The summed E-state index contributed by atoms with van der Waals surface area (Å²) in [6.45, 7) is 0.642. The zero-order chi connectivity index (χ0) is 15.0. The number of nitrogens with one attached hydrogen (secondary N) is 2. The number of halogens is 3. The van der Waals surface area contributed by atoms with E-state index in [1.807, 2.05) is 24.3 Å². The minimum atomic E-state index is -4.38. The Morgan fingerprint density at radius 2 is 1.85 bits per heavy atom. The summed E-state index contributed by atoms with van der Waals surface area (Å²) >= 11 is 0. The third kappa shape index (κ3) is 7.01. The van der Waals surface area contributed by atoms with Crippen LogP contribution in [0.2, 0.25) is 0 Å². The zero-order valence-electron chi connectivity index (χ0n) is 11.4. The first-order chi connectivity index (χ1) is 9.40. The second kappa shape index (κ2) is 7.77. The van der Waals surface area contributed by atoms with Crippen molar-refractivity contribution in [3.8, 4) is 0 Å². The number of aryl methyl sites for hydroxylation is 1. The SMILES string of the molecule is CCCCc1ccc(NCC(=O)NCC(F)(F)F)cc1. The molecule has 0 fully saturated rings. The van der Waals surface area contributed by atoms with Gasteiger partial charge in [0.2, 0.25) is 5.91 Å². The van der Waals surface area contributed by atoms with Gasteiger partial charge in [-0.05, 0) is 30.5 Å². The van der Waals surface area contributed by atoms with E-state index in [4.69, 9.17) is 0 Å². The fourth-order valence-electron chi connectivity index (χ4n) is 1.61. The van der Waals surface area contributed by atoms with Crippen LogP contribution in [0.5, 0.6) is 0 Å². The molecule has 1 rings (SSSR count). The van der Waals surface area contributed by atoms with Crippen molar-refractivity contribution in [1.29, 1.82) is 0 Å². The molecule has 1 aromatic rings. The van der Waals surface area contributed by atoms with Crippen LogP contribution in [0.4, 0.5) is 18.9 Å². The second-order valence-corrected chi connectivity index (χ2v) is 4.55. The lowest BCUT2D eigenvalue weighted by molar-refractivity contribution is -0.137. The molecular formula is C14H19F3N2O. The van der Waals surface area contributed by atoms with Gasteiger partial charge in [0.15, 0.2) is 0 Å². The molecule has 0 radical (unpaired) electrons. The quantitative estimate of drug-likeness (QED) is 0.809. The lowest BCUT2D eigenvalue weighted by atomic mass is 10.1. The van der Waals surface area contributed by atoms with Crippen molar-refractivity contribution in [2.75, 3.05) is 18.4 Å². The van der Waals surface area contributed by atoms with E-state index in [2.05, 4.69) is 12.2 Å². The fraction of sp³-hybridized carbons (Fsp3) is 0.500. The van der Waals surface area contributed by atoms with Crippen molar-refractivity contribution >= 4 is 11.6 Å². The molecule has 0 aliphatic heterocycles. The Hall–Kier alpha value is -1.72. The Balaban J connectivity index is 2.32. The highest BCUT2D eigenvalue weighted by molar-refractivity contribution is 5.80. The molecule has 0 saturated heterocycles. The van der Waals surface area contributed by atoms with Crippen molar-refractivity contribution in [3.63, 3.8) is 0 Å². The average molecular weight is 288 g/mol. The smallest absolute Gasteiger partial charge is 0.376 e. The third-order valence-corrected chi connectivity index (χ3v) is 2.71. The van der Waals surface area contributed by atoms with Gasteiger partial charge in [0.1, 0.15) is 6.54 Å². The number of hydrogen-bond acceptors (Lipinski definition) is 2. The van der Waals surface area contributed by atoms with Gasteiger partial charge in [-0.3, -0.25) is 4.79 Å². The number of anilines is 1. The summed E-state index contributed by atoms with van der Waals surface area (Å²) in [5, 5.41) is 4.59. The highest BCUT2D eigenvalue weighted by Gasteiger charge is 2.27. The molecule has 6 heteroatoms. The lowest BCUT2D eigenvalue weighted by Crippen LogP contribution is -2.37. The first-order valence-electron chi connectivity index (χ1n) is 6.57. The van der Waals surface area contributed by atoms with Crippen molar-refractivity contribution < 1.29 is 18.0 Å². The summed E-state index contributed by atoms with van der Waals surface area (Å²) in [6.07, 6.45) is -1.13. The molecule has 0 aromatic heterocycles. The number of rotatable bonds is 7. The molecule has 0 saturated carbocycles. The Morgan fingerprint density at radius 3 is 2.40 bits per heavy atom. The normalized spacial score (nSPS) is 11.2. The number of alkyl halides is 3.